The summed E-state index contributed by atoms with van der Waals surface area (Å²) in [5, 5.41) is 9.20. The molecule has 2 unspecified atom stereocenters. The molecule has 3 heteroatoms. The first-order valence-corrected chi connectivity index (χ1v) is 6.42. The van der Waals surface area contributed by atoms with Gasteiger partial charge in [0.25, 0.3) is 0 Å². The van der Waals surface area contributed by atoms with Crippen molar-refractivity contribution in [1.29, 1.82) is 0 Å². The summed E-state index contributed by atoms with van der Waals surface area (Å²) in [4.78, 5) is 13.7. The maximum Gasteiger partial charge on any atom is 0.222 e. The first-order chi connectivity index (χ1) is 8.41. The zero-order valence-electron chi connectivity index (χ0n) is 11.7. The van der Waals surface area contributed by atoms with E-state index in [4.69, 9.17) is 0 Å². The van der Waals surface area contributed by atoms with Gasteiger partial charge in [0.1, 0.15) is 0 Å². The van der Waals surface area contributed by atoms with E-state index in [2.05, 4.69) is 24.3 Å². The molecule has 100 valence electrons. The minimum absolute atomic E-state index is 0.0621. The maximum absolute atomic E-state index is 11.9. The number of carbonyl (C=O) groups excluding carboxylic acids is 1. The summed E-state index contributed by atoms with van der Waals surface area (Å²) in [7, 11) is 1.81. The van der Waals surface area contributed by atoms with Gasteiger partial charge in [-0.1, -0.05) is 29.8 Å². The number of nitrogens with zero attached hydrogens (tertiary/aromatic N) is 1. The molecule has 18 heavy (non-hydrogen) atoms. The van der Waals surface area contributed by atoms with Gasteiger partial charge in [0, 0.05) is 13.5 Å². The lowest BCUT2D eigenvalue weighted by molar-refractivity contribution is -0.132. The predicted octanol–water partition coefficient (Wildman–Crippen LogP) is 2.68. The van der Waals surface area contributed by atoms with Crippen molar-refractivity contribution < 1.29 is 9.90 Å². The highest BCUT2D eigenvalue weighted by Crippen LogP contribution is 2.20. The normalized spacial score (nSPS) is 14.1. The van der Waals surface area contributed by atoms with E-state index in [0.29, 0.717) is 12.8 Å². The summed E-state index contributed by atoms with van der Waals surface area (Å²) >= 11 is 0. The average molecular weight is 249 g/mol. The van der Waals surface area contributed by atoms with Crippen LogP contribution in [-0.4, -0.2) is 29.1 Å². The molecule has 2 atom stereocenters. The highest BCUT2D eigenvalue weighted by Gasteiger charge is 2.17. The zero-order chi connectivity index (χ0) is 13.7. The fourth-order valence-corrected chi connectivity index (χ4v) is 1.79. The number of hydrogen-bond acceptors (Lipinski definition) is 2. The lowest BCUT2D eigenvalue weighted by atomic mass is 10.0. The number of aliphatic hydroxyl groups is 1. The zero-order valence-corrected chi connectivity index (χ0v) is 11.7. The van der Waals surface area contributed by atoms with Crippen LogP contribution in [0, 0.1) is 6.92 Å². The van der Waals surface area contributed by atoms with Gasteiger partial charge in [0.2, 0.25) is 5.91 Å². The van der Waals surface area contributed by atoms with E-state index in [1.807, 2.05) is 20.9 Å². The number of rotatable bonds is 5. The second kappa shape index (κ2) is 6.55. The summed E-state index contributed by atoms with van der Waals surface area (Å²) in [6.45, 7) is 5.77. The lowest BCUT2D eigenvalue weighted by Crippen LogP contribution is -2.30. The third-order valence-electron chi connectivity index (χ3n) is 3.31. The molecule has 0 saturated heterocycles. The minimum Gasteiger partial charge on any atom is -0.393 e. The minimum atomic E-state index is -0.419. The van der Waals surface area contributed by atoms with Gasteiger partial charge in [-0.3, -0.25) is 4.79 Å². The van der Waals surface area contributed by atoms with Crippen LogP contribution in [0.4, 0.5) is 0 Å². The molecule has 1 N–H and O–H groups in total. The van der Waals surface area contributed by atoms with Gasteiger partial charge < -0.3 is 10.0 Å². The molecule has 3 nitrogen and oxygen atoms in total. The van der Waals surface area contributed by atoms with E-state index < -0.39 is 6.10 Å². The van der Waals surface area contributed by atoms with Crippen LogP contribution in [0.1, 0.15) is 43.9 Å². The Bertz CT molecular complexity index is 384. The van der Waals surface area contributed by atoms with Gasteiger partial charge >= 0.3 is 0 Å². The molecule has 0 heterocycles. The summed E-state index contributed by atoms with van der Waals surface area (Å²) in [5.74, 6) is 0.0731. The Morgan fingerprint density at radius 1 is 1.28 bits per heavy atom. The van der Waals surface area contributed by atoms with Gasteiger partial charge in [-0.25, -0.2) is 0 Å². The van der Waals surface area contributed by atoms with Gasteiger partial charge in [-0.15, -0.1) is 0 Å². The quantitative estimate of drug-likeness (QED) is 0.871. The highest BCUT2D eigenvalue weighted by atomic mass is 16.3. The molecule has 0 aliphatic rings. The second-order valence-electron chi connectivity index (χ2n) is 4.98. The van der Waals surface area contributed by atoms with Crippen LogP contribution in [-0.2, 0) is 4.79 Å². The molecule has 0 radical (unpaired) electrons. The predicted molar refractivity (Wildman–Crippen MR) is 73.3 cm³/mol. The topological polar surface area (TPSA) is 40.5 Å². The second-order valence-corrected chi connectivity index (χ2v) is 4.98. The molecule has 0 bridgehead atoms. The summed E-state index contributed by atoms with van der Waals surface area (Å²) in [5.41, 5.74) is 2.35. The molecule has 0 spiro atoms. The summed E-state index contributed by atoms with van der Waals surface area (Å²) < 4.78 is 0. The van der Waals surface area contributed by atoms with E-state index in [1.165, 1.54) is 5.56 Å². The van der Waals surface area contributed by atoms with Crippen molar-refractivity contribution >= 4 is 5.91 Å². The number of benzene rings is 1. The molecule has 0 aliphatic heterocycles. The molecule has 0 aromatic heterocycles. The standard InChI is InChI=1S/C15H23NO2/c1-11-5-8-14(9-6-11)13(3)16(4)15(18)10-7-12(2)17/h5-6,8-9,12-13,17H,7,10H2,1-4H3. The van der Waals surface area contributed by atoms with E-state index in [-0.39, 0.29) is 11.9 Å². The molecular formula is C15H23NO2. The van der Waals surface area contributed by atoms with Gasteiger partial charge in [0.15, 0.2) is 0 Å². The van der Waals surface area contributed by atoms with Crippen molar-refractivity contribution in [1.82, 2.24) is 4.90 Å². The van der Waals surface area contributed by atoms with E-state index in [0.717, 1.165) is 5.56 Å². The van der Waals surface area contributed by atoms with E-state index in [1.54, 1.807) is 11.8 Å². The van der Waals surface area contributed by atoms with Crippen LogP contribution in [0.5, 0.6) is 0 Å². The average Bonchev–Trinajstić information content (AvgIpc) is 2.35. The molecule has 0 saturated carbocycles. The van der Waals surface area contributed by atoms with Crippen LogP contribution in [0.15, 0.2) is 24.3 Å². The van der Waals surface area contributed by atoms with Crippen molar-refractivity contribution in [2.75, 3.05) is 7.05 Å². The van der Waals surface area contributed by atoms with Crippen molar-refractivity contribution in [3.8, 4) is 0 Å². The largest absolute Gasteiger partial charge is 0.393 e. The smallest absolute Gasteiger partial charge is 0.222 e. The lowest BCUT2D eigenvalue weighted by Gasteiger charge is -2.25. The first kappa shape index (κ1) is 14.7. The Labute approximate surface area is 109 Å². The van der Waals surface area contributed by atoms with Gasteiger partial charge in [0.05, 0.1) is 12.1 Å². The highest BCUT2D eigenvalue weighted by molar-refractivity contribution is 5.76. The van der Waals surface area contributed by atoms with Gasteiger partial charge in [-0.05, 0) is 32.8 Å². The molecular weight excluding hydrogens is 226 g/mol. The Balaban J connectivity index is 2.62. The molecule has 1 amide bonds. The van der Waals surface area contributed by atoms with Crippen molar-refractivity contribution in [2.45, 2.75) is 45.8 Å². The number of amides is 1. The summed E-state index contributed by atoms with van der Waals surface area (Å²) in [6, 6.07) is 8.28. The van der Waals surface area contributed by atoms with Crippen molar-refractivity contribution in [2.24, 2.45) is 0 Å². The fourth-order valence-electron chi connectivity index (χ4n) is 1.79. The van der Waals surface area contributed by atoms with Gasteiger partial charge in [-0.2, -0.15) is 0 Å². The Kier molecular flexibility index (Phi) is 5.35. The van der Waals surface area contributed by atoms with E-state index in [9.17, 15) is 9.90 Å². The number of aliphatic hydroxyl groups excluding tert-OH is 1. The van der Waals surface area contributed by atoms with Crippen molar-refractivity contribution in [3.05, 3.63) is 35.4 Å². The summed E-state index contributed by atoms with van der Waals surface area (Å²) in [6.07, 6.45) is 0.491. The number of hydrogen-bond donors (Lipinski definition) is 1. The fraction of sp³-hybridized carbons (Fsp3) is 0.533. The maximum atomic E-state index is 11.9. The van der Waals surface area contributed by atoms with Crippen LogP contribution >= 0.6 is 0 Å². The van der Waals surface area contributed by atoms with Crippen LogP contribution in [0.2, 0.25) is 0 Å². The number of carbonyl (C=O) groups is 1. The Morgan fingerprint density at radius 2 is 1.83 bits per heavy atom. The first-order valence-electron chi connectivity index (χ1n) is 6.42. The Morgan fingerprint density at radius 3 is 2.33 bits per heavy atom. The Hall–Kier alpha value is -1.35. The third-order valence-corrected chi connectivity index (χ3v) is 3.31. The van der Waals surface area contributed by atoms with Crippen molar-refractivity contribution in [3.63, 3.8) is 0 Å². The molecule has 1 aromatic rings. The third kappa shape index (κ3) is 4.15. The van der Waals surface area contributed by atoms with Crippen LogP contribution in [0.3, 0.4) is 0 Å². The SMILES string of the molecule is Cc1ccc(C(C)N(C)C(=O)CCC(C)O)cc1. The molecule has 0 aliphatic carbocycles. The monoisotopic (exact) mass is 249 g/mol. The molecule has 0 fully saturated rings. The molecule has 1 aromatic carbocycles. The van der Waals surface area contributed by atoms with Crippen LogP contribution < -0.4 is 0 Å². The van der Waals surface area contributed by atoms with Crippen LogP contribution in [0.25, 0.3) is 0 Å². The number of aryl methyl sites for hydroxylation is 1. The van der Waals surface area contributed by atoms with E-state index >= 15 is 0 Å². The molecule has 1 rings (SSSR count).